The van der Waals surface area contributed by atoms with Crippen LogP contribution >= 0.6 is 0 Å². The van der Waals surface area contributed by atoms with Crippen molar-refractivity contribution in [1.29, 1.82) is 0 Å². The molecule has 1 aromatic carbocycles. The van der Waals surface area contributed by atoms with Crippen LogP contribution in [0.15, 0.2) is 36.5 Å². The van der Waals surface area contributed by atoms with Gasteiger partial charge in [0.2, 0.25) is 0 Å². The second kappa shape index (κ2) is 7.67. The molecule has 2 aromatic rings. The molecule has 0 aliphatic heterocycles. The second-order valence-corrected chi connectivity index (χ2v) is 11.6. The fraction of sp³-hybridized carbons (Fsp3) is 0.591. The molecule has 3 nitrogen and oxygen atoms in total. The Hall–Kier alpha value is -1.42. The molecular weight excluding hydrogens is 342 g/mol. The molecule has 0 spiro atoms. The number of aryl methyl sites for hydroxylation is 1. The van der Waals surface area contributed by atoms with Crippen LogP contribution in [0.4, 0.5) is 0 Å². The van der Waals surface area contributed by atoms with Crippen LogP contribution in [0.25, 0.3) is 10.9 Å². The second-order valence-electron chi connectivity index (χ2n) is 8.86. The number of hydrogen-bond acceptors (Lipinski definition) is 3. The van der Waals surface area contributed by atoms with Crippen LogP contribution in [0.1, 0.15) is 58.4 Å². The molecule has 0 radical (unpaired) electrons. The van der Waals surface area contributed by atoms with Crippen molar-refractivity contribution >= 4 is 20.7 Å². The highest BCUT2D eigenvalue weighted by Crippen LogP contribution is 2.34. The van der Waals surface area contributed by atoms with Crippen molar-refractivity contribution < 1.29 is 8.42 Å². The van der Waals surface area contributed by atoms with Gasteiger partial charge in [0.1, 0.15) is 0 Å². The number of nitrogens with zero attached hydrogens (tertiary/aromatic N) is 1. The van der Waals surface area contributed by atoms with Gasteiger partial charge in [-0.15, -0.1) is 0 Å². The molecule has 1 aromatic heterocycles. The van der Waals surface area contributed by atoms with Gasteiger partial charge in [0.25, 0.3) is 0 Å². The molecule has 0 unspecified atom stereocenters. The quantitative estimate of drug-likeness (QED) is 0.725. The van der Waals surface area contributed by atoms with Gasteiger partial charge in [-0.05, 0) is 76.0 Å². The summed E-state index contributed by atoms with van der Waals surface area (Å²) in [7, 11) is -3.00. The van der Waals surface area contributed by atoms with Crippen molar-refractivity contribution in [1.82, 2.24) is 4.98 Å². The van der Waals surface area contributed by atoms with E-state index in [0.717, 1.165) is 43.5 Å². The molecule has 26 heavy (non-hydrogen) atoms. The Morgan fingerprint density at radius 1 is 1.04 bits per heavy atom. The first-order valence-electron chi connectivity index (χ1n) is 9.80. The van der Waals surface area contributed by atoms with Crippen LogP contribution in [-0.4, -0.2) is 23.9 Å². The molecule has 142 valence electrons. The molecular formula is C22H31NO2S. The van der Waals surface area contributed by atoms with Crippen LogP contribution in [0.3, 0.4) is 0 Å². The van der Waals surface area contributed by atoms with Crippen molar-refractivity contribution in [2.24, 2.45) is 11.8 Å². The van der Waals surface area contributed by atoms with Gasteiger partial charge in [-0.3, -0.25) is 4.98 Å². The molecule has 3 rings (SSSR count). The van der Waals surface area contributed by atoms with Gasteiger partial charge in [-0.25, -0.2) is 8.42 Å². The minimum absolute atomic E-state index is 0.345. The van der Waals surface area contributed by atoms with Gasteiger partial charge in [0, 0.05) is 11.6 Å². The minimum atomic E-state index is -3.00. The normalized spacial score (nSPS) is 21.8. The maximum absolute atomic E-state index is 12.4. The van der Waals surface area contributed by atoms with E-state index in [9.17, 15) is 8.42 Å². The number of aromatic nitrogens is 1. The summed E-state index contributed by atoms with van der Waals surface area (Å²) in [5.41, 5.74) is 2.36. The summed E-state index contributed by atoms with van der Waals surface area (Å²) < 4.78 is 24.2. The maximum Gasteiger partial charge on any atom is 0.155 e. The van der Waals surface area contributed by atoms with E-state index in [2.05, 4.69) is 23.2 Å². The number of benzene rings is 1. The Balaban J connectivity index is 1.49. The average Bonchev–Trinajstić information content (AvgIpc) is 2.60. The fourth-order valence-corrected chi connectivity index (χ4v) is 5.33. The summed E-state index contributed by atoms with van der Waals surface area (Å²) >= 11 is 0. The highest BCUT2D eigenvalue weighted by molar-refractivity contribution is 7.92. The molecule has 0 amide bonds. The van der Waals surface area contributed by atoms with Crippen molar-refractivity contribution in [3.8, 4) is 0 Å². The lowest BCUT2D eigenvalue weighted by Gasteiger charge is -2.30. The number of para-hydroxylation sites is 1. The lowest BCUT2D eigenvalue weighted by molar-refractivity contribution is 0.278. The number of rotatable bonds is 5. The molecule has 4 heteroatoms. The van der Waals surface area contributed by atoms with Crippen molar-refractivity contribution in [2.75, 3.05) is 5.75 Å². The molecule has 1 aliphatic rings. The van der Waals surface area contributed by atoms with Gasteiger partial charge >= 0.3 is 0 Å². The summed E-state index contributed by atoms with van der Waals surface area (Å²) in [5.74, 6) is 1.42. The van der Waals surface area contributed by atoms with E-state index >= 15 is 0 Å². The van der Waals surface area contributed by atoms with Crippen LogP contribution in [-0.2, 0) is 16.3 Å². The van der Waals surface area contributed by atoms with E-state index in [1.807, 2.05) is 39.1 Å². The van der Waals surface area contributed by atoms with Crippen molar-refractivity contribution in [3.63, 3.8) is 0 Å². The smallest absolute Gasteiger partial charge is 0.155 e. The van der Waals surface area contributed by atoms with E-state index in [-0.39, 0.29) is 0 Å². The van der Waals surface area contributed by atoms with E-state index in [0.29, 0.717) is 11.7 Å². The highest BCUT2D eigenvalue weighted by atomic mass is 32.2. The zero-order chi connectivity index (χ0) is 18.8. The van der Waals surface area contributed by atoms with E-state index in [1.165, 1.54) is 17.4 Å². The first-order chi connectivity index (χ1) is 12.2. The number of hydrogen-bond donors (Lipinski definition) is 0. The van der Waals surface area contributed by atoms with Crippen LogP contribution in [0, 0.1) is 11.8 Å². The first kappa shape index (κ1) is 19.3. The van der Waals surface area contributed by atoms with E-state index in [4.69, 9.17) is 0 Å². The summed E-state index contributed by atoms with van der Waals surface area (Å²) in [6, 6.07) is 10.5. The van der Waals surface area contributed by atoms with Crippen LogP contribution in [0.5, 0.6) is 0 Å². The Kier molecular flexibility index (Phi) is 5.71. The third kappa shape index (κ3) is 4.64. The molecule has 0 N–H and O–H groups in total. The maximum atomic E-state index is 12.4. The zero-order valence-corrected chi connectivity index (χ0v) is 17.1. The predicted molar refractivity (Wildman–Crippen MR) is 109 cm³/mol. The highest BCUT2D eigenvalue weighted by Gasteiger charge is 2.33. The van der Waals surface area contributed by atoms with Crippen LogP contribution < -0.4 is 0 Å². The summed E-state index contributed by atoms with van der Waals surface area (Å²) in [6.07, 6.45) is 8.67. The largest absolute Gasteiger partial charge is 0.256 e. The monoisotopic (exact) mass is 373 g/mol. The Morgan fingerprint density at radius 2 is 1.69 bits per heavy atom. The molecule has 0 bridgehead atoms. The first-order valence-corrected chi connectivity index (χ1v) is 11.5. The van der Waals surface area contributed by atoms with Gasteiger partial charge in [0.15, 0.2) is 9.84 Å². The zero-order valence-electron chi connectivity index (χ0n) is 16.2. The molecule has 1 heterocycles. The molecule has 1 fully saturated rings. The standard InChI is InChI=1S/C22H31NO2S/c1-22(2,3)26(24,25)16-18-11-8-17(9-12-18)10-13-19-14-20-6-4-5-7-21(20)23-15-19/h4-7,14-15,17-18H,8-13,16H2,1-3H3. The van der Waals surface area contributed by atoms with E-state index in [1.54, 1.807) is 0 Å². The molecule has 1 saturated carbocycles. The third-order valence-electron chi connectivity index (χ3n) is 5.84. The fourth-order valence-electron chi connectivity index (χ4n) is 3.87. The lowest BCUT2D eigenvalue weighted by Crippen LogP contribution is -2.34. The van der Waals surface area contributed by atoms with Crippen LogP contribution in [0.2, 0.25) is 0 Å². The van der Waals surface area contributed by atoms with Gasteiger partial charge in [0.05, 0.1) is 16.0 Å². The summed E-state index contributed by atoms with van der Waals surface area (Å²) in [4.78, 5) is 4.55. The molecule has 1 aliphatic carbocycles. The van der Waals surface area contributed by atoms with Crippen molar-refractivity contribution in [2.45, 2.75) is 64.0 Å². The summed E-state index contributed by atoms with van der Waals surface area (Å²) in [5, 5.41) is 1.21. The lowest BCUT2D eigenvalue weighted by atomic mass is 9.80. The number of pyridine rings is 1. The minimum Gasteiger partial charge on any atom is -0.256 e. The Labute approximate surface area is 158 Å². The number of sulfone groups is 1. The summed E-state index contributed by atoms with van der Waals surface area (Å²) in [6.45, 7) is 5.43. The SMILES string of the molecule is CC(C)(C)S(=O)(=O)CC1CCC(CCc2cnc3ccccc3c2)CC1. The topological polar surface area (TPSA) is 47.0 Å². The molecule has 0 saturated heterocycles. The van der Waals surface area contributed by atoms with Gasteiger partial charge in [-0.2, -0.15) is 0 Å². The molecule has 0 atom stereocenters. The van der Waals surface area contributed by atoms with E-state index < -0.39 is 14.6 Å². The van der Waals surface area contributed by atoms with Gasteiger partial charge in [-0.1, -0.05) is 31.0 Å². The van der Waals surface area contributed by atoms with Gasteiger partial charge < -0.3 is 0 Å². The Morgan fingerprint density at radius 3 is 2.38 bits per heavy atom. The average molecular weight is 374 g/mol. The van der Waals surface area contributed by atoms with Crippen molar-refractivity contribution in [3.05, 3.63) is 42.1 Å². The third-order valence-corrected chi connectivity index (χ3v) is 8.62. The number of fused-ring (bicyclic) bond motifs is 1. The Bertz CT molecular complexity index is 844. The predicted octanol–water partition coefficient (Wildman–Crippen LogP) is 5.19.